The zero-order valence-corrected chi connectivity index (χ0v) is 11.6. The van der Waals surface area contributed by atoms with Crippen LogP contribution in [0.5, 0.6) is 0 Å². The fraction of sp³-hybridized carbons (Fsp3) is 0.0833. The second kappa shape index (κ2) is 5.08. The van der Waals surface area contributed by atoms with Crippen molar-refractivity contribution >= 4 is 32.9 Å². The Kier molecular flexibility index (Phi) is 3.71. The molecule has 2 N–H and O–H groups in total. The van der Waals surface area contributed by atoms with E-state index in [1.165, 1.54) is 0 Å². The summed E-state index contributed by atoms with van der Waals surface area (Å²) in [7, 11) is 0. The summed E-state index contributed by atoms with van der Waals surface area (Å²) in [4.78, 5) is 4.88. The van der Waals surface area contributed by atoms with E-state index >= 15 is 0 Å². The average molecular weight is 311 g/mol. The van der Waals surface area contributed by atoms with E-state index in [9.17, 15) is 4.55 Å². The first-order valence-electron chi connectivity index (χ1n) is 4.93. The quantitative estimate of drug-likeness (QED) is 0.868. The standard InChI is InChI=1S/C12H11BrN2OS/c1-17(16)10-4-2-8(3-5-10)11-6-9(13)7-15-12(11)14/h2-7H,1H3,(H2,14,15). The van der Waals surface area contributed by atoms with Crippen LogP contribution < -0.4 is 5.73 Å². The van der Waals surface area contributed by atoms with Crippen molar-refractivity contribution in [1.82, 2.24) is 4.98 Å². The summed E-state index contributed by atoms with van der Waals surface area (Å²) in [5, 5.41) is 0. The van der Waals surface area contributed by atoms with Gasteiger partial charge in [0.25, 0.3) is 0 Å². The van der Waals surface area contributed by atoms with Gasteiger partial charge in [-0.3, -0.25) is 0 Å². The highest BCUT2D eigenvalue weighted by Crippen LogP contribution is 2.27. The molecule has 5 heteroatoms. The van der Waals surface area contributed by atoms with Crippen LogP contribution >= 0.6 is 15.9 Å². The highest BCUT2D eigenvalue weighted by molar-refractivity contribution is 9.10. The summed E-state index contributed by atoms with van der Waals surface area (Å²) >= 11 is 2.41. The molecule has 3 nitrogen and oxygen atoms in total. The van der Waals surface area contributed by atoms with Crippen LogP contribution in [-0.2, 0) is 11.2 Å². The van der Waals surface area contributed by atoms with Gasteiger partial charge in [-0.25, -0.2) is 4.98 Å². The minimum absolute atomic E-state index is 0.485. The van der Waals surface area contributed by atoms with Gasteiger partial charge in [-0.1, -0.05) is 0 Å². The molecule has 0 amide bonds. The van der Waals surface area contributed by atoms with Crippen LogP contribution in [-0.4, -0.2) is 15.8 Å². The van der Waals surface area contributed by atoms with E-state index in [1.54, 1.807) is 12.5 Å². The number of nitrogens with zero attached hydrogens (tertiary/aromatic N) is 1. The molecule has 1 aromatic carbocycles. The third-order valence-corrected chi connectivity index (χ3v) is 3.75. The van der Waals surface area contributed by atoms with Gasteiger partial charge in [0.2, 0.25) is 0 Å². The van der Waals surface area contributed by atoms with Gasteiger partial charge >= 0.3 is 0 Å². The summed E-state index contributed by atoms with van der Waals surface area (Å²) < 4.78 is 12.2. The van der Waals surface area contributed by atoms with E-state index < -0.39 is 11.2 Å². The highest BCUT2D eigenvalue weighted by atomic mass is 79.9. The molecule has 0 fully saturated rings. The Hall–Kier alpha value is -1.04. The summed E-state index contributed by atoms with van der Waals surface area (Å²) in [6.45, 7) is 0. The second-order valence-electron chi connectivity index (χ2n) is 3.56. The van der Waals surface area contributed by atoms with Crippen molar-refractivity contribution in [3.63, 3.8) is 0 Å². The average Bonchev–Trinajstić information content (AvgIpc) is 2.32. The molecular formula is C12H11BrN2OS. The number of anilines is 1. The molecule has 0 aliphatic rings. The van der Waals surface area contributed by atoms with Crippen molar-refractivity contribution in [2.24, 2.45) is 0 Å². The van der Waals surface area contributed by atoms with Gasteiger partial charge in [0.15, 0.2) is 4.90 Å². The molecule has 2 rings (SSSR count). The maximum Gasteiger partial charge on any atom is 0.152 e. The van der Waals surface area contributed by atoms with Crippen LogP contribution in [0.25, 0.3) is 11.1 Å². The largest absolute Gasteiger partial charge is 0.612 e. The Morgan fingerprint density at radius 1 is 1.29 bits per heavy atom. The van der Waals surface area contributed by atoms with Gasteiger partial charge in [-0.2, -0.15) is 0 Å². The first kappa shape index (κ1) is 12.4. The Bertz CT molecular complexity index is 529. The molecule has 1 atom stereocenters. The molecule has 0 aliphatic heterocycles. The molecule has 1 unspecified atom stereocenters. The monoisotopic (exact) mass is 310 g/mol. The molecule has 0 spiro atoms. The van der Waals surface area contributed by atoms with Crippen molar-refractivity contribution in [3.05, 3.63) is 41.0 Å². The topological polar surface area (TPSA) is 62.0 Å². The van der Waals surface area contributed by atoms with Crippen molar-refractivity contribution in [2.75, 3.05) is 12.0 Å². The number of hydrogen-bond donors (Lipinski definition) is 1. The molecule has 17 heavy (non-hydrogen) atoms. The van der Waals surface area contributed by atoms with Gasteiger partial charge < -0.3 is 10.3 Å². The molecule has 0 radical (unpaired) electrons. The third kappa shape index (κ3) is 2.80. The molecule has 2 aromatic rings. The molecule has 0 saturated carbocycles. The lowest BCUT2D eigenvalue weighted by Crippen LogP contribution is -1.97. The van der Waals surface area contributed by atoms with Crippen LogP contribution in [0.3, 0.4) is 0 Å². The van der Waals surface area contributed by atoms with Crippen LogP contribution in [0.4, 0.5) is 5.82 Å². The number of benzene rings is 1. The van der Waals surface area contributed by atoms with E-state index in [1.807, 2.05) is 30.3 Å². The van der Waals surface area contributed by atoms with Crippen LogP contribution in [0.2, 0.25) is 0 Å². The number of aromatic nitrogens is 1. The predicted octanol–water partition coefficient (Wildman–Crippen LogP) is 2.83. The Morgan fingerprint density at radius 2 is 1.94 bits per heavy atom. The maximum atomic E-state index is 11.3. The summed E-state index contributed by atoms with van der Waals surface area (Å²) in [6, 6.07) is 9.39. The molecule has 88 valence electrons. The van der Waals surface area contributed by atoms with Crippen LogP contribution in [0, 0.1) is 0 Å². The second-order valence-corrected chi connectivity index (χ2v) is 5.86. The Morgan fingerprint density at radius 3 is 2.53 bits per heavy atom. The van der Waals surface area contributed by atoms with Gasteiger partial charge in [-0.05, 0) is 63.0 Å². The van der Waals surface area contributed by atoms with E-state index in [0.29, 0.717) is 5.82 Å². The number of nitrogen functional groups attached to an aromatic ring is 1. The van der Waals surface area contributed by atoms with Crippen LogP contribution in [0.15, 0.2) is 45.9 Å². The summed E-state index contributed by atoms with van der Waals surface area (Å²) in [6.07, 6.45) is 3.32. The van der Waals surface area contributed by atoms with Crippen molar-refractivity contribution in [3.8, 4) is 11.1 Å². The first-order valence-corrected chi connectivity index (χ1v) is 7.28. The fourth-order valence-corrected chi connectivity index (χ4v) is 2.36. The molecular weight excluding hydrogens is 300 g/mol. The first-order chi connectivity index (χ1) is 8.08. The number of nitrogens with two attached hydrogens (primary N) is 1. The zero-order valence-electron chi connectivity index (χ0n) is 9.18. The lowest BCUT2D eigenvalue weighted by molar-refractivity contribution is 0.601. The molecule has 0 saturated heterocycles. The van der Waals surface area contributed by atoms with Gasteiger partial charge in [0.1, 0.15) is 12.1 Å². The predicted molar refractivity (Wildman–Crippen MR) is 74.1 cm³/mol. The van der Waals surface area contributed by atoms with E-state index in [0.717, 1.165) is 20.5 Å². The SMILES string of the molecule is C[S+]([O-])c1ccc(-c2cc(Br)cnc2N)cc1. The van der Waals surface area contributed by atoms with E-state index in [2.05, 4.69) is 20.9 Å². The molecule has 0 aliphatic carbocycles. The maximum absolute atomic E-state index is 11.3. The number of hydrogen-bond acceptors (Lipinski definition) is 3. The van der Waals surface area contributed by atoms with Crippen molar-refractivity contribution < 1.29 is 4.55 Å². The normalized spacial score (nSPS) is 12.4. The van der Waals surface area contributed by atoms with Crippen molar-refractivity contribution in [2.45, 2.75) is 4.90 Å². The van der Waals surface area contributed by atoms with Crippen molar-refractivity contribution in [1.29, 1.82) is 0 Å². The Labute approximate surface area is 111 Å². The van der Waals surface area contributed by atoms with Gasteiger partial charge in [0.05, 0.1) is 0 Å². The third-order valence-electron chi connectivity index (χ3n) is 2.38. The molecule has 1 aromatic heterocycles. The van der Waals surface area contributed by atoms with Crippen LogP contribution in [0.1, 0.15) is 0 Å². The molecule has 0 bridgehead atoms. The number of pyridine rings is 1. The highest BCUT2D eigenvalue weighted by Gasteiger charge is 2.07. The Balaban J connectivity index is 2.43. The zero-order chi connectivity index (χ0) is 12.4. The number of rotatable bonds is 2. The number of halogens is 1. The minimum atomic E-state index is -0.959. The smallest absolute Gasteiger partial charge is 0.152 e. The lowest BCUT2D eigenvalue weighted by atomic mass is 10.1. The summed E-state index contributed by atoms with van der Waals surface area (Å²) in [5.74, 6) is 0.485. The van der Waals surface area contributed by atoms with E-state index in [-0.39, 0.29) is 0 Å². The van der Waals surface area contributed by atoms with Gasteiger partial charge in [0, 0.05) is 16.2 Å². The van der Waals surface area contributed by atoms with E-state index in [4.69, 9.17) is 5.73 Å². The minimum Gasteiger partial charge on any atom is -0.612 e. The fourth-order valence-electron chi connectivity index (χ4n) is 1.51. The molecule has 1 heterocycles. The lowest BCUT2D eigenvalue weighted by Gasteiger charge is -2.07. The van der Waals surface area contributed by atoms with Gasteiger partial charge in [-0.15, -0.1) is 0 Å². The summed E-state index contributed by atoms with van der Waals surface area (Å²) in [5.41, 5.74) is 7.66.